The highest BCUT2D eigenvalue weighted by Gasteiger charge is 2.06. The molecule has 0 aromatic heterocycles. The van der Waals surface area contributed by atoms with Gasteiger partial charge in [-0.15, -0.1) is 0 Å². The smallest absolute Gasteiger partial charge is 0.165 e. The van der Waals surface area contributed by atoms with Crippen LogP contribution >= 0.6 is 0 Å². The van der Waals surface area contributed by atoms with E-state index in [1.165, 1.54) is 13.2 Å². The van der Waals surface area contributed by atoms with E-state index in [1.807, 2.05) is 0 Å². The normalized spacial score (nSPS) is 12.6. The van der Waals surface area contributed by atoms with Crippen LogP contribution in [0.25, 0.3) is 0 Å². The van der Waals surface area contributed by atoms with Crippen LogP contribution in [0.5, 0.6) is 5.75 Å². The minimum Gasteiger partial charge on any atom is -0.494 e. The van der Waals surface area contributed by atoms with Crippen LogP contribution in [-0.4, -0.2) is 19.7 Å². The van der Waals surface area contributed by atoms with Crippen LogP contribution in [0.3, 0.4) is 0 Å². The molecule has 0 fully saturated rings. The molecule has 0 aliphatic carbocycles. The predicted molar refractivity (Wildman–Crippen MR) is 53.7 cm³/mol. The first kappa shape index (κ1) is 10.9. The molecule has 1 atom stereocenters. The Labute approximate surface area is 82.9 Å². The van der Waals surface area contributed by atoms with Gasteiger partial charge in [-0.05, 0) is 24.1 Å². The van der Waals surface area contributed by atoms with E-state index < -0.39 is 0 Å². The summed E-state index contributed by atoms with van der Waals surface area (Å²) in [5.41, 5.74) is 11.9. The Bertz CT molecular complexity index is 304. The lowest BCUT2D eigenvalue weighted by molar-refractivity contribution is 0.386. The van der Waals surface area contributed by atoms with Gasteiger partial charge in [0.1, 0.15) is 0 Å². The minimum absolute atomic E-state index is 0.122. The maximum atomic E-state index is 13.2. The van der Waals surface area contributed by atoms with Crippen molar-refractivity contribution >= 4 is 0 Å². The zero-order chi connectivity index (χ0) is 10.6. The molecule has 0 radical (unpaired) electrons. The number of hydrogen-bond donors (Lipinski definition) is 2. The first-order chi connectivity index (χ1) is 6.67. The van der Waals surface area contributed by atoms with Crippen LogP contribution in [0, 0.1) is 5.82 Å². The molecule has 0 heterocycles. The Morgan fingerprint density at radius 3 is 2.71 bits per heavy atom. The number of nitrogens with two attached hydrogens (primary N) is 2. The van der Waals surface area contributed by atoms with Crippen LogP contribution in [0.2, 0.25) is 0 Å². The topological polar surface area (TPSA) is 61.3 Å². The van der Waals surface area contributed by atoms with E-state index in [2.05, 4.69) is 0 Å². The zero-order valence-corrected chi connectivity index (χ0v) is 8.16. The van der Waals surface area contributed by atoms with Crippen molar-refractivity contribution in [1.29, 1.82) is 0 Å². The molecule has 1 rings (SSSR count). The van der Waals surface area contributed by atoms with Crippen molar-refractivity contribution in [2.24, 2.45) is 11.5 Å². The van der Waals surface area contributed by atoms with Crippen molar-refractivity contribution in [3.63, 3.8) is 0 Å². The summed E-state index contributed by atoms with van der Waals surface area (Å²) in [7, 11) is 1.43. The van der Waals surface area contributed by atoms with Crippen LogP contribution in [0.4, 0.5) is 4.39 Å². The summed E-state index contributed by atoms with van der Waals surface area (Å²) in [4.78, 5) is 0. The summed E-state index contributed by atoms with van der Waals surface area (Å²) in [6.07, 6.45) is 0.581. The molecule has 0 amide bonds. The highest BCUT2D eigenvalue weighted by molar-refractivity contribution is 5.29. The highest BCUT2D eigenvalue weighted by Crippen LogP contribution is 2.18. The third-order valence-electron chi connectivity index (χ3n) is 2.02. The van der Waals surface area contributed by atoms with Gasteiger partial charge < -0.3 is 16.2 Å². The molecular formula is C10H15FN2O. The number of hydrogen-bond acceptors (Lipinski definition) is 3. The van der Waals surface area contributed by atoms with E-state index in [9.17, 15) is 4.39 Å². The molecule has 4 heteroatoms. The number of ether oxygens (including phenoxy) is 1. The number of halogens is 1. The molecule has 0 bridgehead atoms. The molecule has 1 unspecified atom stereocenters. The second kappa shape index (κ2) is 4.93. The molecule has 0 spiro atoms. The summed E-state index contributed by atoms with van der Waals surface area (Å²) in [6.45, 7) is 0.396. The third kappa shape index (κ3) is 2.68. The van der Waals surface area contributed by atoms with Gasteiger partial charge in [0, 0.05) is 12.6 Å². The van der Waals surface area contributed by atoms with Crippen molar-refractivity contribution in [2.75, 3.05) is 13.7 Å². The molecule has 1 aromatic rings. The molecule has 14 heavy (non-hydrogen) atoms. The van der Waals surface area contributed by atoms with Crippen LogP contribution in [0.1, 0.15) is 5.56 Å². The largest absolute Gasteiger partial charge is 0.494 e. The average molecular weight is 198 g/mol. The number of rotatable bonds is 4. The molecule has 0 aliphatic heterocycles. The highest BCUT2D eigenvalue weighted by atomic mass is 19.1. The molecular weight excluding hydrogens is 183 g/mol. The lowest BCUT2D eigenvalue weighted by Gasteiger charge is -2.09. The Morgan fingerprint density at radius 2 is 2.21 bits per heavy atom. The Morgan fingerprint density at radius 1 is 1.50 bits per heavy atom. The molecule has 4 N–H and O–H groups in total. The van der Waals surface area contributed by atoms with Gasteiger partial charge in [-0.2, -0.15) is 0 Å². The molecule has 78 valence electrons. The monoisotopic (exact) mass is 198 g/mol. The molecule has 0 aliphatic rings. The van der Waals surface area contributed by atoms with E-state index in [0.717, 1.165) is 5.56 Å². The van der Waals surface area contributed by atoms with Crippen molar-refractivity contribution < 1.29 is 9.13 Å². The van der Waals surface area contributed by atoms with Gasteiger partial charge in [0.2, 0.25) is 0 Å². The first-order valence-corrected chi connectivity index (χ1v) is 4.45. The summed E-state index contributed by atoms with van der Waals surface area (Å²) in [6, 6.07) is 4.68. The van der Waals surface area contributed by atoms with Gasteiger partial charge in [-0.25, -0.2) is 4.39 Å². The fraction of sp³-hybridized carbons (Fsp3) is 0.400. The van der Waals surface area contributed by atoms with E-state index in [1.54, 1.807) is 12.1 Å². The van der Waals surface area contributed by atoms with Crippen molar-refractivity contribution in [3.8, 4) is 5.75 Å². The SMILES string of the molecule is COc1ccc(CC(N)CN)cc1F. The van der Waals surface area contributed by atoms with Gasteiger partial charge >= 0.3 is 0 Å². The third-order valence-corrected chi connectivity index (χ3v) is 2.02. The first-order valence-electron chi connectivity index (χ1n) is 4.45. The Balaban J connectivity index is 2.76. The second-order valence-electron chi connectivity index (χ2n) is 3.17. The van der Waals surface area contributed by atoms with Crippen LogP contribution in [0.15, 0.2) is 18.2 Å². The minimum atomic E-state index is -0.366. The van der Waals surface area contributed by atoms with Crippen molar-refractivity contribution in [1.82, 2.24) is 0 Å². The second-order valence-corrected chi connectivity index (χ2v) is 3.17. The Kier molecular flexibility index (Phi) is 3.85. The summed E-state index contributed by atoms with van der Waals surface area (Å²) in [5, 5.41) is 0. The van der Waals surface area contributed by atoms with Crippen LogP contribution < -0.4 is 16.2 Å². The average Bonchev–Trinajstić information content (AvgIpc) is 2.18. The lowest BCUT2D eigenvalue weighted by Crippen LogP contribution is -2.31. The fourth-order valence-corrected chi connectivity index (χ4v) is 1.22. The van der Waals surface area contributed by atoms with Crippen LogP contribution in [-0.2, 0) is 6.42 Å². The maximum absolute atomic E-state index is 13.2. The summed E-state index contributed by atoms with van der Waals surface area (Å²) < 4.78 is 18.0. The molecule has 3 nitrogen and oxygen atoms in total. The van der Waals surface area contributed by atoms with E-state index >= 15 is 0 Å². The van der Waals surface area contributed by atoms with E-state index in [0.29, 0.717) is 13.0 Å². The van der Waals surface area contributed by atoms with Crippen molar-refractivity contribution in [2.45, 2.75) is 12.5 Å². The van der Waals surface area contributed by atoms with Gasteiger partial charge in [-0.3, -0.25) is 0 Å². The van der Waals surface area contributed by atoms with Gasteiger partial charge in [0.05, 0.1) is 7.11 Å². The standard InChI is InChI=1S/C10H15FN2O/c1-14-10-3-2-7(5-9(10)11)4-8(13)6-12/h2-3,5,8H,4,6,12-13H2,1H3. The number of benzene rings is 1. The number of methoxy groups -OCH3 is 1. The van der Waals surface area contributed by atoms with Crippen molar-refractivity contribution in [3.05, 3.63) is 29.6 Å². The summed E-state index contributed by atoms with van der Waals surface area (Å²) in [5.74, 6) is -0.121. The maximum Gasteiger partial charge on any atom is 0.165 e. The van der Waals surface area contributed by atoms with Gasteiger partial charge in [-0.1, -0.05) is 6.07 Å². The summed E-state index contributed by atoms with van der Waals surface area (Å²) >= 11 is 0. The van der Waals surface area contributed by atoms with E-state index in [-0.39, 0.29) is 17.6 Å². The van der Waals surface area contributed by atoms with Gasteiger partial charge in [0.25, 0.3) is 0 Å². The molecule has 0 saturated carbocycles. The molecule has 0 saturated heterocycles. The predicted octanol–water partition coefficient (Wildman–Crippen LogP) is 0.663. The lowest BCUT2D eigenvalue weighted by atomic mass is 10.1. The van der Waals surface area contributed by atoms with Gasteiger partial charge in [0.15, 0.2) is 11.6 Å². The Hall–Kier alpha value is -1.13. The quantitative estimate of drug-likeness (QED) is 0.747. The fourth-order valence-electron chi connectivity index (χ4n) is 1.22. The zero-order valence-electron chi connectivity index (χ0n) is 8.16. The van der Waals surface area contributed by atoms with E-state index in [4.69, 9.17) is 16.2 Å². The molecule has 1 aromatic carbocycles.